The number of rotatable bonds is 1. The normalized spacial score (nSPS) is 9.12. The minimum absolute atomic E-state index is 0.175. The molecule has 0 aromatic heterocycles. The zero-order chi connectivity index (χ0) is 12.0. The molecule has 16 heavy (non-hydrogen) atoms. The average molecular weight is 219 g/mol. The summed E-state index contributed by atoms with van der Waals surface area (Å²) in [6.45, 7) is 0. The first-order valence-electron chi connectivity index (χ1n) is 4.61. The van der Waals surface area contributed by atoms with E-state index in [1.54, 1.807) is 36.4 Å². The Morgan fingerprint density at radius 3 is 1.25 bits per heavy atom. The molecule has 0 heterocycles. The fraction of sp³-hybridized carbons (Fsp3) is 0. The summed E-state index contributed by atoms with van der Waals surface area (Å²) in [4.78, 5) is 0. The van der Waals surface area contributed by atoms with Crippen molar-refractivity contribution < 1.29 is 15.4 Å². The molecular formula is C12H13NO3. The van der Waals surface area contributed by atoms with Crippen molar-refractivity contribution in [3.63, 3.8) is 0 Å². The van der Waals surface area contributed by atoms with Crippen molar-refractivity contribution in [3.8, 4) is 22.6 Å². The smallest absolute Gasteiger partial charge is 0.123 e. The van der Waals surface area contributed by atoms with Crippen molar-refractivity contribution in [2.75, 3.05) is 0 Å². The molecule has 0 saturated heterocycles. The highest BCUT2D eigenvalue weighted by Gasteiger charge is 2.06. The summed E-state index contributed by atoms with van der Waals surface area (Å²) in [5.41, 5.74) is 1.29. The zero-order valence-electron chi connectivity index (χ0n) is 8.54. The second-order valence-corrected chi connectivity index (χ2v) is 3.03. The maximum absolute atomic E-state index is 9.58. The van der Waals surface area contributed by atoms with E-state index in [0.717, 1.165) is 0 Å². The van der Waals surface area contributed by atoms with Crippen molar-refractivity contribution in [2.24, 2.45) is 5.90 Å². The molecule has 0 amide bonds. The Morgan fingerprint density at radius 1 is 0.625 bits per heavy atom. The van der Waals surface area contributed by atoms with Gasteiger partial charge in [-0.05, 0) is 12.1 Å². The van der Waals surface area contributed by atoms with Crippen LogP contribution in [0, 0.1) is 0 Å². The van der Waals surface area contributed by atoms with Crippen LogP contribution in [0.2, 0.25) is 0 Å². The van der Waals surface area contributed by atoms with E-state index < -0.39 is 0 Å². The molecule has 2 aromatic carbocycles. The summed E-state index contributed by atoms with van der Waals surface area (Å²) in [6.07, 6.45) is 0. The minimum atomic E-state index is 0.175. The molecule has 0 aliphatic heterocycles. The molecule has 0 aliphatic carbocycles. The van der Waals surface area contributed by atoms with Crippen LogP contribution in [0.5, 0.6) is 11.5 Å². The van der Waals surface area contributed by atoms with Crippen molar-refractivity contribution in [1.82, 2.24) is 0 Å². The molecule has 5 N–H and O–H groups in total. The lowest BCUT2D eigenvalue weighted by Crippen LogP contribution is -1.79. The Kier molecular flexibility index (Phi) is 4.32. The number of hydrogen-bond donors (Lipinski definition) is 4. The third kappa shape index (κ3) is 2.50. The van der Waals surface area contributed by atoms with Crippen LogP contribution in [0.15, 0.2) is 48.5 Å². The monoisotopic (exact) mass is 219 g/mol. The Balaban J connectivity index is 0.000000606. The molecule has 0 radical (unpaired) electrons. The van der Waals surface area contributed by atoms with Gasteiger partial charge in [0.05, 0.1) is 0 Å². The van der Waals surface area contributed by atoms with Crippen LogP contribution < -0.4 is 5.90 Å². The Labute approximate surface area is 93.2 Å². The van der Waals surface area contributed by atoms with Crippen molar-refractivity contribution in [2.45, 2.75) is 0 Å². The molecule has 0 bridgehead atoms. The van der Waals surface area contributed by atoms with Crippen molar-refractivity contribution >= 4 is 0 Å². The lowest BCUT2D eigenvalue weighted by Gasteiger charge is -2.05. The van der Waals surface area contributed by atoms with E-state index in [9.17, 15) is 10.2 Å². The summed E-state index contributed by atoms with van der Waals surface area (Å²) >= 11 is 0. The number of hydrogen-bond acceptors (Lipinski definition) is 4. The first-order chi connectivity index (χ1) is 7.79. The van der Waals surface area contributed by atoms with E-state index in [0.29, 0.717) is 11.1 Å². The topological polar surface area (TPSA) is 86.7 Å². The van der Waals surface area contributed by atoms with Crippen molar-refractivity contribution in [3.05, 3.63) is 48.5 Å². The van der Waals surface area contributed by atoms with Gasteiger partial charge < -0.3 is 15.4 Å². The number of benzene rings is 2. The molecule has 0 fully saturated rings. The molecular weight excluding hydrogens is 206 g/mol. The van der Waals surface area contributed by atoms with E-state index in [2.05, 4.69) is 5.90 Å². The third-order valence-electron chi connectivity index (χ3n) is 2.10. The first kappa shape index (κ1) is 12.0. The number of nitrogens with two attached hydrogens (primary N) is 1. The minimum Gasteiger partial charge on any atom is -0.507 e. The summed E-state index contributed by atoms with van der Waals surface area (Å²) in [5.74, 6) is 3.85. The molecule has 2 rings (SSSR count). The van der Waals surface area contributed by atoms with E-state index in [4.69, 9.17) is 5.21 Å². The number of para-hydroxylation sites is 2. The highest BCUT2D eigenvalue weighted by molar-refractivity contribution is 5.74. The van der Waals surface area contributed by atoms with Gasteiger partial charge in [-0.1, -0.05) is 36.4 Å². The van der Waals surface area contributed by atoms with E-state index >= 15 is 0 Å². The molecule has 0 spiro atoms. The highest BCUT2D eigenvalue weighted by Crippen LogP contribution is 2.34. The van der Waals surface area contributed by atoms with Crippen LogP contribution in [-0.4, -0.2) is 15.4 Å². The van der Waals surface area contributed by atoms with E-state index in [-0.39, 0.29) is 11.5 Å². The van der Waals surface area contributed by atoms with Gasteiger partial charge in [0.15, 0.2) is 0 Å². The number of aromatic hydroxyl groups is 2. The van der Waals surface area contributed by atoms with Crippen LogP contribution in [0.25, 0.3) is 11.1 Å². The predicted octanol–water partition coefficient (Wildman–Crippen LogP) is 2.10. The van der Waals surface area contributed by atoms with Gasteiger partial charge in [-0.25, -0.2) is 5.90 Å². The Bertz CT molecular complexity index is 414. The van der Waals surface area contributed by atoms with Crippen LogP contribution in [0.1, 0.15) is 0 Å². The molecule has 0 saturated carbocycles. The fourth-order valence-corrected chi connectivity index (χ4v) is 1.40. The van der Waals surface area contributed by atoms with Gasteiger partial charge in [0.25, 0.3) is 0 Å². The molecule has 2 aromatic rings. The second-order valence-electron chi connectivity index (χ2n) is 3.03. The zero-order valence-corrected chi connectivity index (χ0v) is 8.54. The number of phenols is 2. The maximum atomic E-state index is 9.58. The first-order valence-corrected chi connectivity index (χ1v) is 4.61. The average Bonchev–Trinajstić information content (AvgIpc) is 2.34. The SMILES string of the molecule is NO.Oc1ccccc1-c1ccccc1O. The Morgan fingerprint density at radius 2 is 0.938 bits per heavy atom. The van der Waals surface area contributed by atoms with E-state index in [1.807, 2.05) is 12.1 Å². The standard InChI is InChI=1S/C12H10O2.H3NO/c13-11-7-3-1-5-9(11)10-6-2-4-8-12(10)14;1-2/h1-8,13-14H;2H,1H2. The largest absolute Gasteiger partial charge is 0.507 e. The van der Waals surface area contributed by atoms with Gasteiger partial charge in [0.1, 0.15) is 11.5 Å². The lowest BCUT2D eigenvalue weighted by molar-refractivity contribution is 0.311. The highest BCUT2D eigenvalue weighted by atomic mass is 16.4. The molecule has 4 nitrogen and oxygen atoms in total. The van der Waals surface area contributed by atoms with Gasteiger partial charge in [-0.15, -0.1) is 0 Å². The van der Waals surface area contributed by atoms with Gasteiger partial charge in [-0.3, -0.25) is 0 Å². The maximum Gasteiger partial charge on any atom is 0.123 e. The van der Waals surface area contributed by atoms with Crippen molar-refractivity contribution in [1.29, 1.82) is 0 Å². The predicted molar refractivity (Wildman–Crippen MR) is 61.2 cm³/mol. The fourth-order valence-electron chi connectivity index (χ4n) is 1.40. The summed E-state index contributed by atoms with van der Waals surface area (Å²) in [5, 5.41) is 25.7. The van der Waals surface area contributed by atoms with Crippen LogP contribution >= 0.6 is 0 Å². The van der Waals surface area contributed by atoms with E-state index in [1.165, 1.54) is 0 Å². The molecule has 4 heteroatoms. The second kappa shape index (κ2) is 5.75. The third-order valence-corrected chi connectivity index (χ3v) is 2.10. The van der Waals surface area contributed by atoms with Crippen LogP contribution in [0.3, 0.4) is 0 Å². The van der Waals surface area contributed by atoms with Gasteiger partial charge in [0, 0.05) is 11.1 Å². The molecule has 0 atom stereocenters. The van der Waals surface area contributed by atoms with Gasteiger partial charge >= 0.3 is 0 Å². The Hall–Kier alpha value is -2.04. The molecule has 0 aliphatic rings. The quantitative estimate of drug-likeness (QED) is 0.553. The summed E-state index contributed by atoms with van der Waals surface area (Å²) in [7, 11) is 0. The van der Waals surface area contributed by atoms with Gasteiger partial charge in [0.2, 0.25) is 0 Å². The summed E-state index contributed by atoms with van der Waals surface area (Å²) in [6, 6.07) is 13.9. The van der Waals surface area contributed by atoms with Crippen LogP contribution in [-0.2, 0) is 0 Å². The van der Waals surface area contributed by atoms with Gasteiger partial charge in [-0.2, -0.15) is 0 Å². The number of phenolic OH excluding ortho intramolecular Hbond substituents is 2. The molecule has 84 valence electrons. The van der Waals surface area contributed by atoms with Crippen LogP contribution in [0.4, 0.5) is 0 Å². The lowest BCUT2D eigenvalue weighted by atomic mass is 10.0. The molecule has 0 unspecified atom stereocenters. The summed E-state index contributed by atoms with van der Waals surface area (Å²) < 4.78 is 0.